The fourth-order valence-electron chi connectivity index (χ4n) is 4.45. The summed E-state index contributed by atoms with van der Waals surface area (Å²) in [4.78, 5) is 13.3. The second-order valence-electron chi connectivity index (χ2n) is 9.49. The summed E-state index contributed by atoms with van der Waals surface area (Å²) in [6.07, 6.45) is 2.84. The molecule has 40 heavy (non-hydrogen) atoms. The van der Waals surface area contributed by atoms with Crippen molar-refractivity contribution in [2.75, 3.05) is 20.2 Å². The van der Waals surface area contributed by atoms with Gasteiger partial charge in [-0.1, -0.05) is 60.5 Å². The zero-order chi connectivity index (χ0) is 28.8. The van der Waals surface area contributed by atoms with Crippen molar-refractivity contribution >= 4 is 37.6 Å². The molecule has 1 atom stereocenters. The van der Waals surface area contributed by atoms with Gasteiger partial charge in [-0.05, 0) is 60.7 Å². The lowest BCUT2D eigenvalue weighted by molar-refractivity contribution is -0.122. The second-order valence-corrected chi connectivity index (χ2v) is 13.5. The number of piperidine rings is 1. The third-order valence-corrected chi connectivity index (χ3v) is 10.4. The summed E-state index contributed by atoms with van der Waals surface area (Å²) in [5.41, 5.74) is 1.44. The Hall–Kier alpha value is -2.96. The molecule has 0 bridgehead atoms. The van der Waals surface area contributed by atoms with Crippen molar-refractivity contribution in [2.45, 2.75) is 48.1 Å². The van der Waals surface area contributed by atoms with E-state index in [1.54, 1.807) is 24.3 Å². The monoisotopic (exact) mass is 605 g/mol. The number of amides is 1. The zero-order valence-corrected chi connectivity index (χ0v) is 24.4. The third-order valence-electron chi connectivity index (χ3n) is 6.67. The summed E-state index contributed by atoms with van der Waals surface area (Å²) in [6, 6.07) is 18.3. The number of hydrogen-bond donors (Lipinski definition) is 2. The molecule has 2 N–H and O–H groups in total. The Labute approximate surface area is 240 Å². The van der Waals surface area contributed by atoms with Crippen LogP contribution in [0.1, 0.15) is 30.4 Å². The van der Waals surface area contributed by atoms with E-state index in [9.17, 15) is 21.6 Å². The molecule has 3 aromatic carbocycles. The Morgan fingerprint density at radius 1 is 0.900 bits per heavy atom. The molecule has 1 heterocycles. The number of sulfonamides is 2. The predicted octanol–water partition coefficient (Wildman–Crippen LogP) is 3.73. The Morgan fingerprint density at radius 3 is 2.17 bits per heavy atom. The highest BCUT2D eigenvalue weighted by Crippen LogP contribution is 2.27. The van der Waals surface area contributed by atoms with Gasteiger partial charge in [-0.25, -0.2) is 16.8 Å². The largest absolute Gasteiger partial charge is 0.495 e. The number of halogens is 1. The highest BCUT2D eigenvalue weighted by molar-refractivity contribution is 7.89. The first kappa shape index (κ1) is 30.0. The average Bonchev–Trinajstić information content (AvgIpc) is 2.96. The lowest BCUT2D eigenvalue weighted by Gasteiger charge is -2.25. The summed E-state index contributed by atoms with van der Waals surface area (Å²) in [5.74, 6) is -0.203. The fourth-order valence-corrected chi connectivity index (χ4v) is 7.51. The van der Waals surface area contributed by atoms with Gasteiger partial charge in [0.15, 0.2) is 0 Å². The Balaban J connectivity index is 1.47. The second kappa shape index (κ2) is 13.1. The predicted molar refractivity (Wildman–Crippen MR) is 153 cm³/mol. The van der Waals surface area contributed by atoms with Crippen LogP contribution in [-0.4, -0.2) is 53.3 Å². The maximum atomic E-state index is 13.2. The number of nitrogens with one attached hydrogen (secondary N) is 2. The van der Waals surface area contributed by atoms with Crippen LogP contribution in [0, 0.1) is 0 Å². The van der Waals surface area contributed by atoms with Crippen LogP contribution in [0.5, 0.6) is 5.75 Å². The molecule has 0 spiro atoms. The van der Waals surface area contributed by atoms with E-state index in [-0.39, 0.29) is 27.8 Å². The molecule has 0 saturated carbocycles. The van der Waals surface area contributed by atoms with Gasteiger partial charge in [-0.3, -0.25) is 4.79 Å². The number of ether oxygens (including phenoxy) is 1. The Bertz CT molecular complexity index is 1530. The summed E-state index contributed by atoms with van der Waals surface area (Å²) in [5, 5.41) is 2.90. The minimum absolute atomic E-state index is 0.0876. The van der Waals surface area contributed by atoms with Crippen LogP contribution in [0.15, 0.2) is 82.6 Å². The number of rotatable bonds is 11. The minimum atomic E-state index is -4.11. The number of carbonyl (C=O) groups is 1. The zero-order valence-electron chi connectivity index (χ0n) is 22.0. The smallest absolute Gasteiger partial charge is 0.243 e. The summed E-state index contributed by atoms with van der Waals surface area (Å²) < 4.78 is 61.3. The molecule has 0 aliphatic carbocycles. The Morgan fingerprint density at radius 2 is 1.55 bits per heavy atom. The van der Waals surface area contributed by atoms with Crippen LogP contribution >= 0.6 is 11.6 Å². The van der Waals surface area contributed by atoms with Crippen molar-refractivity contribution in [1.29, 1.82) is 0 Å². The van der Waals surface area contributed by atoms with Gasteiger partial charge in [0.05, 0.1) is 21.9 Å². The molecule has 1 fully saturated rings. The lowest BCUT2D eigenvalue weighted by Crippen LogP contribution is -2.47. The van der Waals surface area contributed by atoms with E-state index in [0.717, 1.165) is 24.8 Å². The van der Waals surface area contributed by atoms with Gasteiger partial charge in [0.25, 0.3) is 0 Å². The standard InChI is InChI=1S/C28H32ClN3O6S2/c1-38-27-15-14-24(19-25(27)29)39(34,35)31-26(18-21-8-4-2-5-9-21)28(33)30-20-22-10-12-23(13-11-22)40(36,37)32-16-6-3-7-17-32/h2,4-5,8-15,19,26,31H,3,6-7,16-18,20H2,1H3,(H,30,33)/t26-/m1/s1. The quantitative estimate of drug-likeness (QED) is 0.343. The SMILES string of the molecule is COc1ccc(S(=O)(=O)N[C@H](Cc2ccccc2)C(=O)NCc2ccc(S(=O)(=O)N3CCCCC3)cc2)cc1Cl. The van der Waals surface area contributed by atoms with Crippen LogP contribution in [0.25, 0.3) is 0 Å². The van der Waals surface area contributed by atoms with E-state index in [4.69, 9.17) is 16.3 Å². The van der Waals surface area contributed by atoms with Gasteiger partial charge < -0.3 is 10.1 Å². The van der Waals surface area contributed by atoms with Crippen molar-refractivity contribution in [2.24, 2.45) is 0 Å². The van der Waals surface area contributed by atoms with Gasteiger partial charge >= 0.3 is 0 Å². The summed E-state index contributed by atoms with van der Waals surface area (Å²) >= 11 is 6.13. The van der Waals surface area contributed by atoms with Gasteiger partial charge in [0.2, 0.25) is 26.0 Å². The molecule has 9 nitrogen and oxygen atoms in total. The molecule has 0 unspecified atom stereocenters. The molecular formula is C28H32ClN3O6S2. The number of nitrogens with zero attached hydrogens (tertiary/aromatic N) is 1. The van der Waals surface area contributed by atoms with Gasteiger partial charge in [0.1, 0.15) is 11.8 Å². The molecule has 3 aromatic rings. The van der Waals surface area contributed by atoms with Crippen molar-refractivity contribution in [3.8, 4) is 5.75 Å². The first-order valence-electron chi connectivity index (χ1n) is 12.9. The topological polar surface area (TPSA) is 122 Å². The third kappa shape index (κ3) is 7.41. The van der Waals surface area contributed by atoms with Crippen LogP contribution in [-0.2, 0) is 37.8 Å². The number of methoxy groups -OCH3 is 1. The van der Waals surface area contributed by atoms with Crippen molar-refractivity contribution in [1.82, 2.24) is 14.3 Å². The van der Waals surface area contributed by atoms with E-state index in [0.29, 0.717) is 24.4 Å². The summed E-state index contributed by atoms with van der Waals surface area (Å²) in [7, 11) is -6.24. The molecule has 1 amide bonds. The normalized spacial score (nSPS) is 15.3. The van der Waals surface area contributed by atoms with Crippen LogP contribution in [0.4, 0.5) is 0 Å². The average molecular weight is 606 g/mol. The van der Waals surface area contributed by atoms with Crippen LogP contribution < -0.4 is 14.8 Å². The van der Waals surface area contributed by atoms with Crippen molar-refractivity contribution in [3.63, 3.8) is 0 Å². The number of hydrogen-bond acceptors (Lipinski definition) is 6. The van der Waals surface area contributed by atoms with E-state index in [1.165, 1.54) is 41.7 Å². The van der Waals surface area contributed by atoms with E-state index >= 15 is 0 Å². The summed E-state index contributed by atoms with van der Waals surface area (Å²) in [6.45, 7) is 1.12. The molecule has 1 aliphatic rings. The lowest BCUT2D eigenvalue weighted by atomic mass is 10.1. The van der Waals surface area contributed by atoms with E-state index in [2.05, 4.69) is 10.0 Å². The maximum absolute atomic E-state index is 13.2. The molecule has 1 saturated heterocycles. The van der Waals surface area contributed by atoms with Gasteiger partial charge in [-0.15, -0.1) is 0 Å². The first-order valence-corrected chi connectivity index (χ1v) is 16.2. The van der Waals surface area contributed by atoms with Crippen molar-refractivity contribution in [3.05, 3.63) is 88.9 Å². The molecule has 214 valence electrons. The highest BCUT2D eigenvalue weighted by atomic mass is 35.5. The van der Waals surface area contributed by atoms with Gasteiger partial charge in [0, 0.05) is 19.6 Å². The highest BCUT2D eigenvalue weighted by Gasteiger charge is 2.28. The molecule has 4 rings (SSSR count). The van der Waals surface area contributed by atoms with Crippen molar-refractivity contribution < 1.29 is 26.4 Å². The minimum Gasteiger partial charge on any atom is -0.495 e. The first-order chi connectivity index (χ1) is 19.1. The van der Waals surface area contributed by atoms with E-state index < -0.39 is 32.0 Å². The Kier molecular flexibility index (Phi) is 9.85. The molecule has 1 aliphatic heterocycles. The number of benzene rings is 3. The fraction of sp³-hybridized carbons (Fsp3) is 0.321. The number of carbonyl (C=O) groups excluding carboxylic acids is 1. The molecule has 0 aromatic heterocycles. The molecule has 12 heteroatoms. The molecule has 0 radical (unpaired) electrons. The maximum Gasteiger partial charge on any atom is 0.243 e. The van der Waals surface area contributed by atoms with Crippen LogP contribution in [0.2, 0.25) is 5.02 Å². The molecular weight excluding hydrogens is 574 g/mol. The van der Waals surface area contributed by atoms with Crippen LogP contribution in [0.3, 0.4) is 0 Å². The van der Waals surface area contributed by atoms with E-state index in [1.807, 2.05) is 18.2 Å². The van der Waals surface area contributed by atoms with Gasteiger partial charge in [-0.2, -0.15) is 9.03 Å².